The highest BCUT2D eigenvalue weighted by atomic mass is 35.5. The maximum absolute atomic E-state index is 13.2. The number of allylic oxidation sites excluding steroid dienone is 2. The van der Waals surface area contributed by atoms with Crippen LogP contribution in [0.1, 0.15) is 43.7 Å². The van der Waals surface area contributed by atoms with Crippen molar-refractivity contribution in [1.29, 1.82) is 0 Å². The van der Waals surface area contributed by atoms with Gasteiger partial charge in [-0.2, -0.15) is 0 Å². The lowest BCUT2D eigenvalue weighted by atomic mass is 9.74. The summed E-state index contributed by atoms with van der Waals surface area (Å²) in [6.07, 6.45) is 3.86. The molecule has 2 aliphatic rings. The molecule has 2 aromatic rings. The van der Waals surface area contributed by atoms with Crippen LogP contribution in [0.15, 0.2) is 48.2 Å². The van der Waals surface area contributed by atoms with Gasteiger partial charge in [0.25, 0.3) is 0 Å². The first kappa shape index (κ1) is 20.2. The number of carbonyl (C=O) groups is 1. The Morgan fingerprint density at radius 3 is 2.34 bits per heavy atom. The minimum Gasteiger partial charge on any atom is -0.512 e. The van der Waals surface area contributed by atoms with Crippen molar-refractivity contribution in [3.05, 3.63) is 64.4 Å². The first-order chi connectivity index (χ1) is 14.1. The molecule has 29 heavy (non-hydrogen) atoms. The normalized spacial score (nSPS) is 20.9. The van der Waals surface area contributed by atoms with Crippen molar-refractivity contribution < 1.29 is 14.6 Å². The fourth-order valence-corrected chi connectivity index (χ4v) is 4.82. The Morgan fingerprint density at radius 1 is 1.00 bits per heavy atom. The zero-order chi connectivity index (χ0) is 20.4. The molecule has 1 saturated heterocycles. The standard InChI is InChI=1S/C25H27ClO3/c1-2-16-3-4-19(17-5-7-21(26)8-6-17)13-22(16)25-23(27)14-20(15-24(25)28)18-9-11-29-12-10-18/h3-8,13,18,20,27H,2,9-12,14-15H2,1H3. The second-order valence-corrected chi connectivity index (χ2v) is 8.53. The van der Waals surface area contributed by atoms with E-state index in [4.69, 9.17) is 16.3 Å². The van der Waals surface area contributed by atoms with Crippen LogP contribution in [0.25, 0.3) is 16.7 Å². The molecule has 1 aliphatic heterocycles. The van der Waals surface area contributed by atoms with E-state index < -0.39 is 0 Å². The van der Waals surface area contributed by atoms with Crippen molar-refractivity contribution in [2.75, 3.05) is 13.2 Å². The van der Waals surface area contributed by atoms with Crippen LogP contribution in [0.5, 0.6) is 0 Å². The fourth-order valence-electron chi connectivity index (χ4n) is 4.69. The van der Waals surface area contributed by atoms with Crippen molar-refractivity contribution in [1.82, 2.24) is 0 Å². The Morgan fingerprint density at radius 2 is 1.69 bits per heavy atom. The van der Waals surface area contributed by atoms with Gasteiger partial charge in [0.05, 0.1) is 5.57 Å². The summed E-state index contributed by atoms with van der Waals surface area (Å²) in [5.41, 5.74) is 4.53. The van der Waals surface area contributed by atoms with Gasteiger partial charge < -0.3 is 9.84 Å². The molecule has 0 aromatic heterocycles. The van der Waals surface area contributed by atoms with Gasteiger partial charge in [-0.1, -0.05) is 42.8 Å². The number of ether oxygens (including phenoxy) is 1. The highest BCUT2D eigenvalue weighted by Crippen LogP contribution is 2.40. The van der Waals surface area contributed by atoms with Crippen LogP contribution < -0.4 is 0 Å². The van der Waals surface area contributed by atoms with Crippen molar-refractivity contribution in [3.8, 4) is 11.1 Å². The Bertz CT molecular complexity index is 924. The minimum absolute atomic E-state index is 0.0631. The third-order valence-electron chi connectivity index (χ3n) is 6.34. The Kier molecular flexibility index (Phi) is 6.07. The zero-order valence-corrected chi connectivity index (χ0v) is 17.5. The van der Waals surface area contributed by atoms with Crippen molar-refractivity contribution in [2.24, 2.45) is 11.8 Å². The lowest BCUT2D eigenvalue weighted by Crippen LogP contribution is -2.29. The summed E-state index contributed by atoms with van der Waals surface area (Å²) >= 11 is 6.02. The summed E-state index contributed by atoms with van der Waals surface area (Å²) in [7, 11) is 0. The van der Waals surface area contributed by atoms with Gasteiger partial charge >= 0.3 is 0 Å². The highest BCUT2D eigenvalue weighted by Gasteiger charge is 2.34. The number of hydrogen-bond acceptors (Lipinski definition) is 3. The number of ketones is 1. The molecule has 4 heteroatoms. The number of aryl methyl sites for hydroxylation is 1. The van der Waals surface area contributed by atoms with Gasteiger partial charge in [0.15, 0.2) is 5.78 Å². The summed E-state index contributed by atoms with van der Waals surface area (Å²) < 4.78 is 5.46. The minimum atomic E-state index is 0.0631. The van der Waals surface area contributed by atoms with Gasteiger partial charge in [-0.3, -0.25) is 4.79 Å². The van der Waals surface area contributed by atoms with Gasteiger partial charge in [-0.15, -0.1) is 0 Å². The van der Waals surface area contributed by atoms with Crippen molar-refractivity contribution in [2.45, 2.75) is 39.0 Å². The number of aliphatic hydroxyl groups is 1. The van der Waals surface area contributed by atoms with Gasteiger partial charge in [0.1, 0.15) is 5.76 Å². The van der Waals surface area contributed by atoms with Crippen LogP contribution >= 0.6 is 11.6 Å². The van der Waals surface area contributed by atoms with E-state index in [9.17, 15) is 9.90 Å². The van der Waals surface area contributed by atoms with Crippen molar-refractivity contribution in [3.63, 3.8) is 0 Å². The smallest absolute Gasteiger partial charge is 0.167 e. The van der Waals surface area contributed by atoms with E-state index in [2.05, 4.69) is 19.1 Å². The molecule has 0 saturated carbocycles. The SMILES string of the molecule is CCc1ccc(-c2ccc(Cl)cc2)cc1C1=C(O)CC(C2CCOCC2)CC1=O. The van der Waals surface area contributed by atoms with Crippen LogP contribution in [0.2, 0.25) is 5.02 Å². The van der Waals surface area contributed by atoms with Crippen LogP contribution in [0.4, 0.5) is 0 Å². The number of carbonyl (C=O) groups excluding carboxylic acids is 1. The number of benzene rings is 2. The largest absolute Gasteiger partial charge is 0.512 e. The molecular formula is C25H27ClO3. The molecular weight excluding hydrogens is 384 g/mol. The monoisotopic (exact) mass is 410 g/mol. The van der Waals surface area contributed by atoms with Gasteiger partial charge in [0, 0.05) is 31.1 Å². The Hall–Kier alpha value is -2.10. The quantitative estimate of drug-likeness (QED) is 0.648. The molecule has 1 N–H and O–H groups in total. The van der Waals surface area contributed by atoms with Crippen LogP contribution in [-0.4, -0.2) is 24.1 Å². The Balaban J connectivity index is 1.69. The van der Waals surface area contributed by atoms with Gasteiger partial charge in [-0.25, -0.2) is 0 Å². The second-order valence-electron chi connectivity index (χ2n) is 8.10. The van der Waals surface area contributed by atoms with Crippen molar-refractivity contribution >= 4 is 23.0 Å². The molecule has 0 bridgehead atoms. The van der Waals surface area contributed by atoms with E-state index in [-0.39, 0.29) is 17.5 Å². The van der Waals surface area contributed by atoms with E-state index in [1.807, 2.05) is 30.3 Å². The molecule has 1 unspecified atom stereocenters. The molecule has 1 aliphatic carbocycles. The molecule has 0 radical (unpaired) electrons. The average molecular weight is 411 g/mol. The van der Waals surface area contributed by atoms with Crippen LogP contribution in [0, 0.1) is 11.8 Å². The number of halogens is 1. The maximum atomic E-state index is 13.2. The molecule has 2 aromatic carbocycles. The third-order valence-corrected chi connectivity index (χ3v) is 6.59. The highest BCUT2D eigenvalue weighted by molar-refractivity contribution is 6.30. The first-order valence-corrected chi connectivity index (χ1v) is 10.9. The summed E-state index contributed by atoms with van der Waals surface area (Å²) in [5.74, 6) is 0.996. The summed E-state index contributed by atoms with van der Waals surface area (Å²) in [4.78, 5) is 13.2. The summed E-state index contributed by atoms with van der Waals surface area (Å²) in [6.45, 7) is 3.60. The number of Topliss-reactive ketones (excluding diaryl/α,β-unsaturated/α-hetero) is 1. The maximum Gasteiger partial charge on any atom is 0.167 e. The van der Waals surface area contributed by atoms with E-state index in [1.165, 1.54) is 0 Å². The molecule has 3 nitrogen and oxygen atoms in total. The summed E-state index contributed by atoms with van der Waals surface area (Å²) in [6, 6.07) is 13.9. The predicted octanol–water partition coefficient (Wildman–Crippen LogP) is 6.24. The number of hydrogen-bond donors (Lipinski definition) is 1. The lowest BCUT2D eigenvalue weighted by Gasteiger charge is -2.33. The second kappa shape index (κ2) is 8.73. The van der Waals surface area contributed by atoms with E-state index in [1.54, 1.807) is 0 Å². The molecule has 1 heterocycles. The molecule has 1 atom stereocenters. The molecule has 4 rings (SSSR count). The predicted molar refractivity (Wildman–Crippen MR) is 117 cm³/mol. The summed E-state index contributed by atoms with van der Waals surface area (Å²) in [5, 5.41) is 11.6. The Labute approximate surface area is 177 Å². The molecule has 0 spiro atoms. The first-order valence-electron chi connectivity index (χ1n) is 10.5. The average Bonchev–Trinajstić information content (AvgIpc) is 2.74. The zero-order valence-electron chi connectivity index (χ0n) is 16.8. The van der Waals surface area contributed by atoms with E-state index in [0.717, 1.165) is 54.7 Å². The van der Waals surface area contributed by atoms with Crippen LogP contribution in [-0.2, 0) is 16.0 Å². The third kappa shape index (κ3) is 4.26. The van der Waals surface area contributed by atoms with E-state index >= 15 is 0 Å². The molecule has 152 valence electrons. The molecule has 1 fully saturated rings. The van der Waals surface area contributed by atoms with Gasteiger partial charge in [0.2, 0.25) is 0 Å². The van der Waals surface area contributed by atoms with E-state index in [0.29, 0.717) is 29.4 Å². The van der Waals surface area contributed by atoms with Crippen LogP contribution in [0.3, 0.4) is 0 Å². The molecule has 0 amide bonds. The lowest BCUT2D eigenvalue weighted by molar-refractivity contribution is -0.116. The van der Waals surface area contributed by atoms with Gasteiger partial charge in [-0.05, 0) is 71.6 Å². The topological polar surface area (TPSA) is 46.5 Å². The fraction of sp³-hybridized carbons (Fsp3) is 0.400. The number of rotatable bonds is 4. The number of aliphatic hydroxyl groups excluding tert-OH is 1.